The van der Waals surface area contributed by atoms with E-state index in [0.29, 0.717) is 31.6 Å². The van der Waals surface area contributed by atoms with Gasteiger partial charge in [-0.25, -0.2) is 8.42 Å². The van der Waals surface area contributed by atoms with E-state index < -0.39 is 28.0 Å². The van der Waals surface area contributed by atoms with Crippen molar-refractivity contribution in [2.45, 2.75) is 42.3 Å². The van der Waals surface area contributed by atoms with E-state index in [1.807, 2.05) is 30.3 Å². The smallest absolute Gasteiger partial charge is 0.237 e. The minimum Gasteiger partial charge on any atom is -0.367 e. The molecule has 3 aromatic rings. The van der Waals surface area contributed by atoms with Crippen molar-refractivity contribution < 1.29 is 22.7 Å². The van der Waals surface area contributed by atoms with Gasteiger partial charge in [0.2, 0.25) is 5.91 Å². The van der Waals surface area contributed by atoms with Gasteiger partial charge in [0.15, 0.2) is 15.6 Å². The minimum absolute atomic E-state index is 0.0840. The van der Waals surface area contributed by atoms with E-state index >= 15 is 0 Å². The summed E-state index contributed by atoms with van der Waals surface area (Å²) in [6.07, 6.45) is 2.42. The number of hydrogen-bond donors (Lipinski definition) is 3. The van der Waals surface area contributed by atoms with Crippen molar-refractivity contribution in [3.8, 4) is 0 Å². The molecule has 4 N–H and O–H groups in total. The Hall–Kier alpha value is -3.63. The molecule has 40 heavy (non-hydrogen) atoms. The summed E-state index contributed by atoms with van der Waals surface area (Å²) < 4.78 is 31.1. The number of amides is 1. The van der Waals surface area contributed by atoms with Crippen molar-refractivity contribution >= 4 is 21.5 Å². The van der Waals surface area contributed by atoms with Crippen molar-refractivity contribution in [3.63, 3.8) is 0 Å². The third kappa shape index (κ3) is 8.43. The first-order valence-electron chi connectivity index (χ1n) is 13.4. The van der Waals surface area contributed by atoms with E-state index in [-0.39, 0.29) is 23.0 Å². The van der Waals surface area contributed by atoms with Crippen LogP contribution in [0.2, 0.25) is 0 Å². The standard InChI is InChI=1S/C31H35N3O5S/c32-28(21-24-11-14-25(15-12-24)30(35)29-22-33-18-19-39-29)31(36)34-26(16-13-23-7-3-1-4-8-23)17-20-40(37,38)27-9-5-2-6-10-27/h1-12,14-15,17,20,26,28-29,33H,13,16,18-19,21-22,32H2,(H,34,36)/t26-,28+,29?/m1/s1. The van der Waals surface area contributed by atoms with E-state index in [1.165, 1.54) is 18.2 Å². The molecule has 1 saturated heterocycles. The second kappa shape index (κ2) is 14.1. The number of Topliss-reactive ketones (excluding diaryl/α,β-unsaturated/α-hetero) is 1. The Labute approximate surface area is 235 Å². The molecular weight excluding hydrogens is 526 g/mol. The van der Waals surface area contributed by atoms with Gasteiger partial charge in [0, 0.05) is 30.1 Å². The highest BCUT2D eigenvalue weighted by Gasteiger charge is 2.23. The van der Waals surface area contributed by atoms with Gasteiger partial charge < -0.3 is 21.1 Å². The highest BCUT2D eigenvalue weighted by molar-refractivity contribution is 7.94. The SMILES string of the molecule is N[C@@H](Cc1ccc(C(=O)C2CNCCO2)cc1)C(=O)N[C@@H](C=CS(=O)(=O)c1ccccc1)CCc1ccccc1. The second-order valence-electron chi connectivity index (χ2n) is 9.76. The average Bonchev–Trinajstić information content (AvgIpc) is 3.00. The van der Waals surface area contributed by atoms with Crippen molar-refractivity contribution in [3.05, 3.63) is 113 Å². The zero-order chi connectivity index (χ0) is 28.4. The Bertz CT molecular complexity index is 1390. The van der Waals surface area contributed by atoms with Crippen molar-refractivity contribution in [1.29, 1.82) is 0 Å². The predicted molar refractivity (Wildman–Crippen MR) is 155 cm³/mol. The summed E-state index contributed by atoms with van der Waals surface area (Å²) in [5.41, 5.74) is 8.67. The van der Waals surface area contributed by atoms with Crippen molar-refractivity contribution in [1.82, 2.24) is 10.6 Å². The predicted octanol–water partition coefficient (Wildman–Crippen LogP) is 2.83. The van der Waals surface area contributed by atoms with Gasteiger partial charge in [0.1, 0.15) is 6.10 Å². The molecule has 0 bridgehead atoms. The molecule has 0 aliphatic carbocycles. The number of ketones is 1. The summed E-state index contributed by atoms with van der Waals surface area (Å²) in [4.78, 5) is 25.9. The van der Waals surface area contributed by atoms with Crippen LogP contribution >= 0.6 is 0 Å². The molecule has 1 unspecified atom stereocenters. The normalized spacial score (nSPS) is 17.3. The number of carbonyl (C=O) groups excluding carboxylic acids is 2. The maximum Gasteiger partial charge on any atom is 0.237 e. The van der Waals surface area contributed by atoms with Gasteiger partial charge in [-0.05, 0) is 42.5 Å². The number of ether oxygens (including phenoxy) is 1. The quantitative estimate of drug-likeness (QED) is 0.290. The fraction of sp³-hybridized carbons (Fsp3) is 0.290. The molecule has 8 nitrogen and oxygen atoms in total. The highest BCUT2D eigenvalue weighted by atomic mass is 32.2. The topological polar surface area (TPSA) is 128 Å². The summed E-state index contributed by atoms with van der Waals surface area (Å²) in [5.74, 6) is -0.471. The molecule has 210 valence electrons. The molecular formula is C31H35N3O5S. The summed E-state index contributed by atoms with van der Waals surface area (Å²) in [6, 6.07) is 23.5. The Morgan fingerprint density at radius 3 is 2.30 bits per heavy atom. The van der Waals surface area contributed by atoms with Crippen LogP contribution in [0.4, 0.5) is 0 Å². The lowest BCUT2D eigenvalue weighted by Crippen LogP contribution is -2.46. The van der Waals surface area contributed by atoms with Gasteiger partial charge >= 0.3 is 0 Å². The lowest BCUT2D eigenvalue weighted by atomic mass is 10.00. The van der Waals surface area contributed by atoms with Gasteiger partial charge in [-0.15, -0.1) is 0 Å². The molecule has 3 atom stereocenters. The van der Waals surface area contributed by atoms with E-state index in [9.17, 15) is 18.0 Å². The Morgan fingerprint density at radius 2 is 1.65 bits per heavy atom. The number of carbonyl (C=O) groups is 2. The van der Waals surface area contributed by atoms with E-state index in [2.05, 4.69) is 10.6 Å². The van der Waals surface area contributed by atoms with Crippen LogP contribution in [0.1, 0.15) is 27.9 Å². The number of morpholine rings is 1. The zero-order valence-corrected chi connectivity index (χ0v) is 23.1. The van der Waals surface area contributed by atoms with Crippen molar-refractivity contribution in [2.75, 3.05) is 19.7 Å². The monoisotopic (exact) mass is 561 g/mol. The van der Waals surface area contributed by atoms with Gasteiger partial charge in [-0.1, -0.05) is 78.9 Å². The van der Waals surface area contributed by atoms with Crippen LogP contribution < -0.4 is 16.4 Å². The van der Waals surface area contributed by atoms with E-state index in [1.54, 1.807) is 42.5 Å². The average molecular weight is 562 g/mol. The maximum atomic E-state index is 13.0. The second-order valence-corrected chi connectivity index (χ2v) is 11.6. The zero-order valence-electron chi connectivity index (χ0n) is 22.2. The van der Waals surface area contributed by atoms with Gasteiger partial charge in [0.25, 0.3) is 0 Å². The van der Waals surface area contributed by atoms with Crippen LogP contribution in [0.25, 0.3) is 0 Å². The van der Waals surface area contributed by atoms with E-state index in [4.69, 9.17) is 10.5 Å². The Morgan fingerprint density at radius 1 is 0.975 bits per heavy atom. The molecule has 1 fully saturated rings. The van der Waals surface area contributed by atoms with Crippen LogP contribution in [0.5, 0.6) is 0 Å². The molecule has 3 aromatic carbocycles. The highest BCUT2D eigenvalue weighted by Crippen LogP contribution is 2.14. The molecule has 0 saturated carbocycles. The van der Waals surface area contributed by atoms with Gasteiger partial charge in [-0.3, -0.25) is 9.59 Å². The summed E-state index contributed by atoms with van der Waals surface area (Å²) >= 11 is 0. The molecule has 1 aliphatic rings. The number of sulfone groups is 1. The van der Waals surface area contributed by atoms with Crippen LogP contribution in [-0.4, -0.2) is 58.0 Å². The number of nitrogens with one attached hydrogen (secondary N) is 2. The Kier molecular flexibility index (Phi) is 10.4. The summed E-state index contributed by atoms with van der Waals surface area (Å²) in [7, 11) is -3.67. The van der Waals surface area contributed by atoms with Crippen LogP contribution in [0, 0.1) is 0 Å². The van der Waals surface area contributed by atoms with Crippen molar-refractivity contribution in [2.24, 2.45) is 5.73 Å². The first kappa shape index (κ1) is 29.4. The third-order valence-electron chi connectivity index (χ3n) is 6.73. The molecule has 0 aromatic heterocycles. The lowest BCUT2D eigenvalue weighted by Gasteiger charge is -2.22. The molecule has 1 heterocycles. The van der Waals surface area contributed by atoms with Crippen LogP contribution in [0.15, 0.2) is 101 Å². The first-order valence-corrected chi connectivity index (χ1v) is 14.9. The Balaban J connectivity index is 1.40. The number of nitrogens with two attached hydrogens (primary N) is 1. The number of aryl methyl sites for hydroxylation is 1. The molecule has 1 aliphatic heterocycles. The number of hydrogen-bond acceptors (Lipinski definition) is 7. The lowest BCUT2D eigenvalue weighted by molar-refractivity contribution is -0.122. The largest absolute Gasteiger partial charge is 0.367 e. The summed E-state index contributed by atoms with van der Waals surface area (Å²) in [5, 5.41) is 7.20. The number of benzene rings is 3. The molecule has 1 amide bonds. The molecule has 9 heteroatoms. The first-order chi connectivity index (χ1) is 19.3. The van der Waals surface area contributed by atoms with Crippen LogP contribution in [-0.2, 0) is 32.2 Å². The molecule has 4 rings (SSSR count). The van der Waals surface area contributed by atoms with Crippen LogP contribution in [0.3, 0.4) is 0 Å². The maximum absolute atomic E-state index is 13.0. The fourth-order valence-electron chi connectivity index (χ4n) is 4.43. The molecule has 0 spiro atoms. The van der Waals surface area contributed by atoms with Gasteiger partial charge in [-0.2, -0.15) is 0 Å². The number of rotatable bonds is 12. The third-order valence-corrected chi connectivity index (χ3v) is 8.17. The van der Waals surface area contributed by atoms with Gasteiger partial charge in [0.05, 0.1) is 17.5 Å². The molecule has 0 radical (unpaired) electrons. The summed E-state index contributed by atoms with van der Waals surface area (Å²) in [6.45, 7) is 1.71. The minimum atomic E-state index is -3.67. The fourth-order valence-corrected chi connectivity index (χ4v) is 5.52. The van der Waals surface area contributed by atoms with E-state index in [0.717, 1.165) is 23.1 Å².